The van der Waals surface area contributed by atoms with E-state index in [1.807, 2.05) is 0 Å². The summed E-state index contributed by atoms with van der Waals surface area (Å²) < 4.78 is 0. The fraction of sp³-hybridized carbons (Fsp3) is 0.556. The number of rotatable bonds is 8. The number of amides is 1. The highest BCUT2D eigenvalue weighted by Gasteiger charge is 2.08. The second kappa shape index (κ2) is 13.3. The van der Waals surface area contributed by atoms with E-state index < -0.39 is 0 Å². The number of thioether (sulfide) groups is 1. The number of nitrogens with zero attached hydrogens (tertiary/aromatic N) is 2. The molecule has 0 saturated carbocycles. The normalized spacial score (nSPS) is 12.1. The largest absolute Gasteiger partial charge is 0.356 e. The second-order valence-corrected chi connectivity index (χ2v) is 7.05. The van der Waals surface area contributed by atoms with Crippen molar-refractivity contribution in [1.29, 1.82) is 0 Å². The summed E-state index contributed by atoms with van der Waals surface area (Å²) in [6.45, 7) is 6.02. The Labute approximate surface area is 173 Å². The summed E-state index contributed by atoms with van der Waals surface area (Å²) >= 11 is 1.78. The van der Waals surface area contributed by atoms with E-state index in [0.717, 1.165) is 18.8 Å². The fourth-order valence-corrected chi connectivity index (χ4v) is 2.30. The van der Waals surface area contributed by atoms with Crippen LogP contribution in [0.1, 0.15) is 24.0 Å². The van der Waals surface area contributed by atoms with Crippen molar-refractivity contribution in [2.75, 3.05) is 45.7 Å². The van der Waals surface area contributed by atoms with Crippen molar-refractivity contribution in [1.82, 2.24) is 15.5 Å². The molecule has 1 atom stereocenters. The van der Waals surface area contributed by atoms with Crippen LogP contribution in [-0.2, 0) is 4.79 Å². The van der Waals surface area contributed by atoms with Gasteiger partial charge in [0, 0.05) is 32.9 Å². The second-order valence-electron chi connectivity index (χ2n) is 6.07. The van der Waals surface area contributed by atoms with Gasteiger partial charge in [0.15, 0.2) is 5.96 Å². The van der Waals surface area contributed by atoms with Crippen molar-refractivity contribution < 1.29 is 4.79 Å². The molecule has 0 spiro atoms. The van der Waals surface area contributed by atoms with Crippen LogP contribution in [0.15, 0.2) is 29.3 Å². The van der Waals surface area contributed by atoms with Crippen LogP contribution in [0.4, 0.5) is 0 Å². The molecule has 0 radical (unpaired) electrons. The lowest BCUT2D eigenvalue weighted by Gasteiger charge is -2.17. The van der Waals surface area contributed by atoms with E-state index in [0.29, 0.717) is 11.9 Å². The number of hydrogen-bond donors (Lipinski definition) is 2. The molecule has 1 aromatic rings. The van der Waals surface area contributed by atoms with Gasteiger partial charge in [0.2, 0.25) is 5.91 Å². The Hall–Kier alpha value is -0.960. The Kier molecular flexibility index (Phi) is 12.8. The van der Waals surface area contributed by atoms with Gasteiger partial charge in [-0.1, -0.05) is 36.8 Å². The predicted octanol–water partition coefficient (Wildman–Crippen LogP) is 2.70. The molecule has 1 aromatic carbocycles. The quantitative estimate of drug-likeness (QED) is 0.261. The van der Waals surface area contributed by atoms with Gasteiger partial charge >= 0.3 is 0 Å². The Morgan fingerprint density at radius 2 is 1.88 bits per heavy atom. The van der Waals surface area contributed by atoms with Crippen molar-refractivity contribution in [2.45, 2.75) is 19.8 Å². The van der Waals surface area contributed by atoms with Gasteiger partial charge in [-0.3, -0.25) is 4.79 Å². The zero-order chi connectivity index (χ0) is 17.9. The number of halogens is 1. The average Bonchev–Trinajstić information content (AvgIpc) is 2.56. The molecule has 5 nitrogen and oxygen atoms in total. The van der Waals surface area contributed by atoms with Crippen LogP contribution in [0.2, 0.25) is 0 Å². The number of carbonyl (C=O) groups excluding carboxylic acids is 1. The van der Waals surface area contributed by atoms with Gasteiger partial charge in [-0.15, -0.1) is 24.0 Å². The Morgan fingerprint density at radius 1 is 1.24 bits per heavy atom. The summed E-state index contributed by atoms with van der Waals surface area (Å²) in [7, 11) is 3.48. The first-order valence-corrected chi connectivity index (χ1v) is 9.61. The molecule has 0 bridgehead atoms. The third-order valence-electron chi connectivity index (χ3n) is 3.69. The topological polar surface area (TPSA) is 56.7 Å². The molecule has 1 unspecified atom stereocenters. The highest BCUT2D eigenvalue weighted by Crippen LogP contribution is 2.14. The van der Waals surface area contributed by atoms with Crippen LogP contribution >= 0.6 is 35.7 Å². The minimum Gasteiger partial charge on any atom is -0.356 e. The van der Waals surface area contributed by atoms with E-state index in [9.17, 15) is 4.79 Å². The van der Waals surface area contributed by atoms with Gasteiger partial charge in [0.25, 0.3) is 0 Å². The summed E-state index contributed by atoms with van der Waals surface area (Å²) in [4.78, 5) is 17.7. The van der Waals surface area contributed by atoms with Crippen LogP contribution < -0.4 is 10.6 Å². The Bertz CT molecular complexity index is 534. The predicted molar refractivity (Wildman–Crippen MR) is 120 cm³/mol. The number of benzene rings is 1. The molecule has 0 aliphatic heterocycles. The van der Waals surface area contributed by atoms with Crippen molar-refractivity contribution in [3.8, 4) is 0 Å². The molecule has 7 heteroatoms. The lowest BCUT2D eigenvalue weighted by atomic mass is 10.0. The van der Waals surface area contributed by atoms with E-state index in [1.54, 1.807) is 30.8 Å². The minimum atomic E-state index is -0.00690. The van der Waals surface area contributed by atoms with E-state index in [-0.39, 0.29) is 36.4 Å². The third kappa shape index (κ3) is 9.94. The minimum absolute atomic E-state index is 0. The van der Waals surface area contributed by atoms with Crippen molar-refractivity contribution in [2.24, 2.45) is 4.99 Å². The summed E-state index contributed by atoms with van der Waals surface area (Å²) in [5.74, 6) is 2.05. The van der Waals surface area contributed by atoms with Crippen molar-refractivity contribution in [3.05, 3.63) is 35.4 Å². The summed E-state index contributed by atoms with van der Waals surface area (Å²) in [6.07, 6.45) is 2.07. The monoisotopic (exact) mass is 478 g/mol. The molecule has 0 aliphatic rings. The van der Waals surface area contributed by atoms with Crippen LogP contribution in [0, 0.1) is 6.92 Å². The number of carbonyl (C=O) groups is 1. The molecule has 0 saturated heterocycles. The molecule has 0 fully saturated rings. The standard InChI is InChI=1S/C18H30N4OS.HI/c1-14-6-8-16(9-7-14)15(2)12-20-18(19-10-11-24-5)21-13-17(23)22(3)4;/h6-9,15H,10-13H2,1-5H3,(H2,19,20,21);1H. The summed E-state index contributed by atoms with van der Waals surface area (Å²) in [5, 5.41) is 6.62. The summed E-state index contributed by atoms with van der Waals surface area (Å²) in [5.41, 5.74) is 2.56. The number of nitrogens with one attached hydrogen (secondary N) is 2. The van der Waals surface area contributed by atoms with Crippen LogP contribution in [0.25, 0.3) is 0 Å². The maximum atomic E-state index is 11.7. The summed E-state index contributed by atoms with van der Waals surface area (Å²) in [6, 6.07) is 8.59. The van der Waals surface area contributed by atoms with E-state index in [1.165, 1.54) is 11.1 Å². The molecule has 0 aliphatic carbocycles. The number of guanidine groups is 1. The number of aliphatic imine (C=N–C) groups is 1. The number of likely N-dealkylation sites (N-methyl/N-ethyl adjacent to an activating group) is 1. The third-order valence-corrected chi connectivity index (χ3v) is 4.30. The van der Waals surface area contributed by atoms with Crippen molar-refractivity contribution >= 4 is 47.6 Å². The fourth-order valence-electron chi connectivity index (χ4n) is 2.00. The zero-order valence-corrected chi connectivity index (χ0v) is 19.0. The molecule has 142 valence electrons. The van der Waals surface area contributed by atoms with Gasteiger partial charge < -0.3 is 15.5 Å². The van der Waals surface area contributed by atoms with Gasteiger partial charge in [-0.05, 0) is 24.7 Å². The lowest BCUT2D eigenvalue weighted by Crippen LogP contribution is -2.41. The van der Waals surface area contributed by atoms with Crippen LogP contribution in [0.5, 0.6) is 0 Å². The Balaban J connectivity index is 0.00000576. The van der Waals surface area contributed by atoms with E-state index in [2.05, 4.69) is 60.0 Å². The van der Waals surface area contributed by atoms with Crippen LogP contribution in [-0.4, -0.2) is 62.5 Å². The molecule has 2 N–H and O–H groups in total. The first-order valence-electron chi connectivity index (χ1n) is 8.22. The SMILES string of the molecule is CSCCNC(=NCC(=O)N(C)C)NCC(C)c1ccc(C)cc1.I. The molecule has 1 rings (SSSR count). The van der Waals surface area contributed by atoms with Gasteiger partial charge in [-0.25, -0.2) is 4.99 Å². The maximum Gasteiger partial charge on any atom is 0.243 e. The zero-order valence-electron chi connectivity index (χ0n) is 15.8. The van der Waals surface area contributed by atoms with Crippen molar-refractivity contribution in [3.63, 3.8) is 0 Å². The maximum absolute atomic E-state index is 11.7. The smallest absolute Gasteiger partial charge is 0.243 e. The first-order chi connectivity index (χ1) is 11.4. The Morgan fingerprint density at radius 3 is 2.44 bits per heavy atom. The molecular formula is C18H31IN4OS. The van der Waals surface area contributed by atoms with E-state index in [4.69, 9.17) is 0 Å². The molecular weight excluding hydrogens is 447 g/mol. The van der Waals surface area contributed by atoms with Gasteiger partial charge in [0.05, 0.1) is 0 Å². The highest BCUT2D eigenvalue weighted by molar-refractivity contribution is 14.0. The molecule has 0 aromatic heterocycles. The highest BCUT2D eigenvalue weighted by atomic mass is 127. The van der Waals surface area contributed by atoms with E-state index >= 15 is 0 Å². The van der Waals surface area contributed by atoms with Crippen LogP contribution in [0.3, 0.4) is 0 Å². The van der Waals surface area contributed by atoms with Gasteiger partial charge in [0.1, 0.15) is 6.54 Å². The molecule has 25 heavy (non-hydrogen) atoms. The number of hydrogen-bond acceptors (Lipinski definition) is 3. The number of aryl methyl sites for hydroxylation is 1. The molecule has 0 heterocycles. The first kappa shape index (κ1) is 24.0. The molecule has 1 amide bonds. The lowest BCUT2D eigenvalue weighted by molar-refractivity contribution is -0.127. The van der Waals surface area contributed by atoms with Gasteiger partial charge in [-0.2, -0.15) is 11.8 Å². The average molecular weight is 478 g/mol.